The van der Waals surface area contributed by atoms with Crippen LogP contribution in [0.15, 0.2) is 40.5 Å². The molecule has 0 saturated carbocycles. The highest BCUT2D eigenvalue weighted by molar-refractivity contribution is 7.90. The highest BCUT2D eigenvalue weighted by Crippen LogP contribution is 2.43. The number of benzene rings is 1. The average molecular weight is 1120 g/mol. The third-order valence-electron chi connectivity index (χ3n) is 13.6. The van der Waals surface area contributed by atoms with Gasteiger partial charge in [-0.05, 0) is 82.8 Å². The second-order valence-corrected chi connectivity index (χ2v) is 22.0. The van der Waals surface area contributed by atoms with Gasteiger partial charge in [0.1, 0.15) is 32.0 Å². The second kappa shape index (κ2) is 25.9. The van der Waals surface area contributed by atoms with Crippen LogP contribution in [0.5, 0.6) is 11.5 Å². The number of pyridine rings is 2. The van der Waals surface area contributed by atoms with E-state index < -0.39 is 88.5 Å². The molecule has 3 aliphatic heterocycles. The van der Waals surface area contributed by atoms with Gasteiger partial charge < -0.3 is 65.4 Å². The van der Waals surface area contributed by atoms with Crippen molar-refractivity contribution in [3.63, 3.8) is 0 Å². The van der Waals surface area contributed by atoms with Crippen molar-refractivity contribution >= 4 is 62.2 Å². The highest BCUT2D eigenvalue weighted by atomic mass is 32.2. The maximum absolute atomic E-state index is 13.9. The first kappa shape index (κ1) is 59.0. The number of esters is 1. The number of hydrogen-bond acceptors (Lipinski definition) is 19. The molecule has 0 radical (unpaired) electrons. The fraction of sp³-hybridized carbons (Fsp3) is 0.519. The molecule has 0 spiro atoms. The number of unbranched alkanes of at least 4 members (excludes halogenated alkanes) is 3. The minimum absolute atomic E-state index is 0.00111. The maximum atomic E-state index is 13.9. The Morgan fingerprint density at radius 3 is 2.29 bits per heavy atom. The van der Waals surface area contributed by atoms with Crippen molar-refractivity contribution in [1.29, 1.82) is 0 Å². The number of nitrogens with one attached hydrogen (secondary N) is 6. The lowest BCUT2D eigenvalue weighted by Crippen LogP contribution is -2.56. The van der Waals surface area contributed by atoms with E-state index in [9.17, 15) is 51.9 Å². The number of ether oxygens (including phenoxy) is 4. The Bertz CT molecular complexity index is 3170. The van der Waals surface area contributed by atoms with Crippen molar-refractivity contribution in [2.24, 2.45) is 5.92 Å². The smallest absolute Gasteiger partial charge is 0.343 e. The van der Waals surface area contributed by atoms with Gasteiger partial charge >= 0.3 is 5.97 Å². The summed E-state index contributed by atoms with van der Waals surface area (Å²) >= 11 is 0. The number of rotatable bonds is 27. The predicted molar refractivity (Wildman–Crippen MR) is 282 cm³/mol. The number of cyclic esters (lactones) is 1. The predicted octanol–water partition coefficient (Wildman–Crippen LogP) is 0.172. The van der Waals surface area contributed by atoms with Gasteiger partial charge in [-0.15, -0.1) is 0 Å². The number of nitrogens with zero attached hydrogens (tertiary/aromatic N) is 5. The second-order valence-electron chi connectivity index (χ2n) is 20.1. The third-order valence-corrected chi connectivity index (χ3v) is 14.5. The average Bonchev–Trinajstić information content (AvgIpc) is 4.09. The van der Waals surface area contributed by atoms with Crippen LogP contribution in [0, 0.1) is 5.92 Å². The van der Waals surface area contributed by atoms with Crippen LogP contribution in [0.1, 0.15) is 105 Å². The van der Waals surface area contributed by atoms with E-state index in [1.807, 2.05) is 19.0 Å². The molecule has 3 aliphatic rings. The topological polar surface area (TPSA) is 347 Å². The minimum Gasteiger partial charge on any atom is -0.458 e. The van der Waals surface area contributed by atoms with Gasteiger partial charge in [0.05, 0.1) is 41.1 Å². The molecule has 7 N–H and O–H groups in total. The van der Waals surface area contributed by atoms with E-state index in [0.29, 0.717) is 70.6 Å². The number of carbonyl (C=O) groups is 7. The molecule has 6 amide bonds. The van der Waals surface area contributed by atoms with Crippen LogP contribution < -0.4 is 46.9 Å². The number of hydrogen-bond donors (Lipinski definition) is 7. The summed E-state index contributed by atoms with van der Waals surface area (Å²) in [6, 6.07) is 3.02. The molecule has 0 fully saturated rings. The zero-order chi connectivity index (χ0) is 57.2. The molecule has 4 aromatic rings. The zero-order valence-corrected chi connectivity index (χ0v) is 45.8. The van der Waals surface area contributed by atoms with E-state index in [0.717, 1.165) is 31.6 Å². The van der Waals surface area contributed by atoms with Crippen molar-refractivity contribution in [3.05, 3.63) is 68.8 Å². The van der Waals surface area contributed by atoms with Gasteiger partial charge in [0, 0.05) is 60.7 Å². The largest absolute Gasteiger partial charge is 0.458 e. The zero-order valence-electron chi connectivity index (χ0n) is 44.9. The molecule has 0 unspecified atom stereocenters. The Labute approximate surface area is 455 Å². The Morgan fingerprint density at radius 2 is 1.59 bits per heavy atom. The third kappa shape index (κ3) is 14.4. The summed E-state index contributed by atoms with van der Waals surface area (Å²) in [5.74, 6) is -3.51. The van der Waals surface area contributed by atoms with Crippen LogP contribution in [-0.2, 0) is 73.4 Å². The molecule has 7 rings (SSSR count). The molecule has 6 heterocycles. The lowest BCUT2D eigenvalue weighted by molar-refractivity contribution is -0.172. The van der Waals surface area contributed by atoms with Crippen LogP contribution in [-0.4, -0.2) is 152 Å². The summed E-state index contributed by atoms with van der Waals surface area (Å²) < 4.78 is 46.6. The summed E-state index contributed by atoms with van der Waals surface area (Å²) in [5, 5.41) is 27.7. The van der Waals surface area contributed by atoms with Crippen LogP contribution >= 0.6 is 0 Å². The summed E-state index contributed by atoms with van der Waals surface area (Å²) in [4.78, 5) is 120. The molecule has 27 heteroatoms. The van der Waals surface area contributed by atoms with Gasteiger partial charge in [-0.25, -0.2) is 28.2 Å². The summed E-state index contributed by atoms with van der Waals surface area (Å²) in [6.07, 6.45) is 6.38. The van der Waals surface area contributed by atoms with Crippen molar-refractivity contribution in [2.45, 2.75) is 115 Å². The standard InChI is InChI=1S/C52H67N11O15S/c1-7-52(72)35-18-38-45-33(24-63(38)49(70)34(35)25-76-50(52)71)32(31-17-39-40(78-28-77-39)19-37(31)59-45)22-54-43(66)26-75-27-58-42(65)23-55-47(68)36(13-10-12-16-62(4)5)60-48(69)44(29(2)3)61-41(64)14-9-8-11-15-53-46(67)30-20-56-51(57-21-30)79(6,73)74/h17-21,29,36,44,72H,7-16,22-28H2,1-6H3,(H,53,67)(H,54,66)(H,55,68)(H,58,65)(H,60,69)(H,61,64)/t36-,44-,52+/m0/s1. The first-order valence-electron chi connectivity index (χ1n) is 25.9. The SMILES string of the molecule is CC[C@]1(O)C(=O)OCc2c1cc1n(c2=O)Cc2c-1nc1cc3c(cc1c2CNC(=O)COCNC(=O)CNC(=O)[C@H](CCCCN(C)C)NC(=O)[C@@H](NC(=O)CCCCCNC(=O)c1cnc(S(C)(=O)=O)nc1)C(C)C)OCO3. The quantitative estimate of drug-likeness (QED) is 0.0159. The van der Waals surface area contributed by atoms with E-state index >= 15 is 0 Å². The van der Waals surface area contributed by atoms with Crippen LogP contribution in [0.2, 0.25) is 0 Å². The molecular weight excluding hydrogens is 1050 g/mol. The minimum atomic E-state index is -3.61. The molecule has 0 saturated heterocycles. The number of aromatic nitrogens is 4. The fourth-order valence-corrected chi connectivity index (χ4v) is 9.71. The Balaban J connectivity index is 0.874. The van der Waals surface area contributed by atoms with Gasteiger partial charge in [-0.1, -0.05) is 27.2 Å². The van der Waals surface area contributed by atoms with Crippen molar-refractivity contribution in [3.8, 4) is 22.9 Å². The molecule has 3 atom stereocenters. The Hall–Kier alpha value is -7.62. The van der Waals surface area contributed by atoms with Gasteiger partial charge in [-0.3, -0.25) is 33.6 Å². The lowest BCUT2D eigenvalue weighted by atomic mass is 9.86. The molecular formula is C52H67N11O15S. The number of fused-ring (bicyclic) bond motifs is 6. The molecule has 426 valence electrons. The number of sulfone groups is 1. The Kier molecular flexibility index (Phi) is 19.4. The van der Waals surface area contributed by atoms with E-state index in [1.165, 1.54) is 4.57 Å². The monoisotopic (exact) mass is 1120 g/mol. The normalized spacial score (nSPS) is 15.8. The van der Waals surface area contributed by atoms with Gasteiger partial charge in [0.2, 0.25) is 51.3 Å². The number of aliphatic hydroxyl groups is 1. The van der Waals surface area contributed by atoms with Gasteiger partial charge in [0.15, 0.2) is 17.1 Å². The van der Waals surface area contributed by atoms with Crippen molar-refractivity contribution in [1.82, 2.24) is 56.3 Å². The first-order chi connectivity index (χ1) is 37.6. The Morgan fingerprint density at radius 1 is 0.861 bits per heavy atom. The summed E-state index contributed by atoms with van der Waals surface area (Å²) in [6.45, 7) is 4.53. The van der Waals surface area contributed by atoms with Crippen LogP contribution in [0.25, 0.3) is 22.3 Å². The molecule has 26 nitrogen and oxygen atoms in total. The molecule has 0 bridgehead atoms. The summed E-state index contributed by atoms with van der Waals surface area (Å²) in [7, 11) is 0.217. The highest BCUT2D eigenvalue weighted by Gasteiger charge is 2.45. The van der Waals surface area contributed by atoms with Crippen molar-refractivity contribution in [2.75, 3.05) is 60.1 Å². The van der Waals surface area contributed by atoms with E-state index in [-0.39, 0.29) is 86.0 Å². The molecule has 0 aliphatic carbocycles. The molecule has 79 heavy (non-hydrogen) atoms. The lowest BCUT2D eigenvalue weighted by Gasteiger charge is -2.31. The first-order valence-corrected chi connectivity index (χ1v) is 27.8. The van der Waals surface area contributed by atoms with E-state index in [2.05, 4.69) is 41.9 Å². The fourth-order valence-electron chi connectivity index (χ4n) is 9.22. The van der Waals surface area contributed by atoms with Crippen LogP contribution in [0.4, 0.5) is 0 Å². The molecule has 3 aromatic heterocycles. The van der Waals surface area contributed by atoms with Gasteiger partial charge in [-0.2, -0.15) is 0 Å². The van der Waals surface area contributed by atoms with Crippen molar-refractivity contribution < 1.29 is 66.0 Å². The number of amides is 6. The number of carbonyl (C=O) groups excluding carboxylic acids is 7. The van der Waals surface area contributed by atoms with Crippen LogP contribution in [0.3, 0.4) is 0 Å². The maximum Gasteiger partial charge on any atom is 0.343 e. The molecule has 1 aromatic carbocycles. The van der Waals surface area contributed by atoms with E-state index in [1.54, 1.807) is 39.0 Å². The van der Waals surface area contributed by atoms with E-state index in [4.69, 9.17) is 23.9 Å². The summed E-state index contributed by atoms with van der Waals surface area (Å²) in [5.41, 5.74) is 0.462. The van der Waals surface area contributed by atoms with Gasteiger partial charge in [0.25, 0.3) is 11.5 Å².